The molecule has 0 bridgehead atoms. The summed E-state index contributed by atoms with van der Waals surface area (Å²) in [5, 5.41) is 8.67. The van der Waals surface area contributed by atoms with Crippen molar-refractivity contribution >= 4 is 5.97 Å². The fraction of sp³-hybridized carbons (Fsp3) is 0.125. The van der Waals surface area contributed by atoms with Gasteiger partial charge in [0.1, 0.15) is 12.4 Å². The summed E-state index contributed by atoms with van der Waals surface area (Å²) in [5.41, 5.74) is 2.08. The van der Waals surface area contributed by atoms with Crippen LogP contribution in [-0.2, 0) is 22.6 Å². The van der Waals surface area contributed by atoms with Gasteiger partial charge in [0.15, 0.2) is 0 Å². The Morgan fingerprint density at radius 3 is 2.25 bits per heavy atom. The van der Waals surface area contributed by atoms with E-state index in [-0.39, 0.29) is 24.8 Å². The molecular weight excluding hydrogens is 257 g/mol. The molecule has 4 heteroatoms. The lowest BCUT2D eigenvalue weighted by atomic mass is 10.1. The summed E-state index contributed by atoms with van der Waals surface area (Å²) in [5.74, 6) is -0.708. The lowest BCUT2D eigenvalue weighted by molar-refractivity contribution is -0.144. The van der Waals surface area contributed by atoms with E-state index in [9.17, 15) is 9.18 Å². The maximum Gasteiger partial charge on any atom is 0.310 e. The van der Waals surface area contributed by atoms with Crippen molar-refractivity contribution in [3.8, 4) is 6.07 Å². The van der Waals surface area contributed by atoms with Crippen molar-refractivity contribution in [3.05, 3.63) is 71.0 Å². The summed E-state index contributed by atoms with van der Waals surface area (Å²) in [6.07, 6.45) is 0.108. The summed E-state index contributed by atoms with van der Waals surface area (Å²) in [7, 11) is 0. The summed E-state index contributed by atoms with van der Waals surface area (Å²) >= 11 is 0. The molecular formula is C16H12FNO2. The number of carbonyl (C=O) groups is 1. The zero-order valence-electron chi connectivity index (χ0n) is 10.7. The van der Waals surface area contributed by atoms with Crippen LogP contribution in [0.5, 0.6) is 0 Å². The molecule has 20 heavy (non-hydrogen) atoms. The van der Waals surface area contributed by atoms with Crippen LogP contribution in [0, 0.1) is 17.1 Å². The molecule has 0 aliphatic heterocycles. The standard InChI is InChI=1S/C16H12FNO2/c17-15-7-5-12(6-8-15)9-16(19)20-11-14-3-1-13(10-18)2-4-14/h1-8H,9,11H2. The molecule has 0 saturated carbocycles. The van der Waals surface area contributed by atoms with E-state index in [1.54, 1.807) is 36.4 Å². The number of halogens is 1. The van der Waals surface area contributed by atoms with Crippen LogP contribution in [0.2, 0.25) is 0 Å². The molecule has 2 aromatic rings. The number of hydrogen-bond acceptors (Lipinski definition) is 3. The van der Waals surface area contributed by atoms with Gasteiger partial charge in [0.2, 0.25) is 0 Å². The molecule has 0 atom stereocenters. The van der Waals surface area contributed by atoms with Crippen molar-refractivity contribution < 1.29 is 13.9 Å². The second kappa shape index (κ2) is 6.48. The van der Waals surface area contributed by atoms with Gasteiger partial charge in [0, 0.05) is 0 Å². The van der Waals surface area contributed by atoms with Crippen LogP contribution in [0.15, 0.2) is 48.5 Å². The Labute approximate surface area is 116 Å². The maximum absolute atomic E-state index is 12.7. The normalized spacial score (nSPS) is 9.80. The fourth-order valence-corrected chi connectivity index (χ4v) is 1.66. The summed E-state index contributed by atoms with van der Waals surface area (Å²) in [4.78, 5) is 11.6. The third kappa shape index (κ3) is 3.92. The molecule has 0 saturated heterocycles. The molecule has 2 rings (SSSR count). The highest BCUT2D eigenvalue weighted by atomic mass is 19.1. The number of ether oxygens (including phenoxy) is 1. The quantitative estimate of drug-likeness (QED) is 0.802. The number of carbonyl (C=O) groups excluding carboxylic acids is 1. The summed E-state index contributed by atoms with van der Waals surface area (Å²) in [6, 6.07) is 14.6. The molecule has 0 aliphatic carbocycles. The highest BCUT2D eigenvalue weighted by Gasteiger charge is 2.05. The van der Waals surface area contributed by atoms with E-state index in [4.69, 9.17) is 10.00 Å². The Bertz CT molecular complexity index is 627. The molecule has 0 heterocycles. The van der Waals surface area contributed by atoms with Gasteiger partial charge >= 0.3 is 5.97 Å². The first-order valence-electron chi connectivity index (χ1n) is 6.06. The number of nitriles is 1. The van der Waals surface area contributed by atoms with E-state index < -0.39 is 0 Å². The molecule has 0 fully saturated rings. The highest BCUT2D eigenvalue weighted by Crippen LogP contribution is 2.07. The maximum atomic E-state index is 12.7. The lowest BCUT2D eigenvalue weighted by Crippen LogP contribution is -2.08. The third-order valence-corrected chi connectivity index (χ3v) is 2.74. The minimum atomic E-state index is -0.374. The molecule has 100 valence electrons. The molecule has 2 aromatic carbocycles. The van der Waals surface area contributed by atoms with Gasteiger partial charge in [-0.05, 0) is 35.4 Å². The Morgan fingerprint density at radius 1 is 1.05 bits per heavy atom. The molecule has 0 amide bonds. The number of rotatable bonds is 4. The van der Waals surface area contributed by atoms with Gasteiger partial charge in [-0.1, -0.05) is 24.3 Å². The topological polar surface area (TPSA) is 50.1 Å². The van der Waals surface area contributed by atoms with Crippen LogP contribution in [0.3, 0.4) is 0 Å². The minimum Gasteiger partial charge on any atom is -0.461 e. The van der Waals surface area contributed by atoms with E-state index in [1.807, 2.05) is 6.07 Å². The molecule has 0 aromatic heterocycles. The predicted molar refractivity (Wildman–Crippen MR) is 71.1 cm³/mol. The van der Waals surface area contributed by atoms with Gasteiger partial charge in [-0.15, -0.1) is 0 Å². The van der Waals surface area contributed by atoms with E-state index in [0.717, 1.165) is 5.56 Å². The molecule has 0 spiro atoms. The molecule has 0 aliphatic rings. The van der Waals surface area contributed by atoms with Gasteiger partial charge in [0.25, 0.3) is 0 Å². The van der Waals surface area contributed by atoms with Crippen LogP contribution in [-0.4, -0.2) is 5.97 Å². The van der Waals surface area contributed by atoms with Crippen molar-refractivity contribution in [3.63, 3.8) is 0 Å². The summed E-state index contributed by atoms with van der Waals surface area (Å²) in [6.45, 7) is 0.158. The second-order valence-electron chi connectivity index (χ2n) is 4.27. The molecule has 0 unspecified atom stereocenters. The van der Waals surface area contributed by atoms with Crippen molar-refractivity contribution in [1.82, 2.24) is 0 Å². The monoisotopic (exact) mass is 269 g/mol. The molecule has 0 radical (unpaired) electrons. The van der Waals surface area contributed by atoms with E-state index >= 15 is 0 Å². The van der Waals surface area contributed by atoms with Gasteiger partial charge < -0.3 is 4.74 Å². The van der Waals surface area contributed by atoms with Crippen LogP contribution in [0.25, 0.3) is 0 Å². The first-order valence-corrected chi connectivity index (χ1v) is 6.06. The Balaban J connectivity index is 1.85. The zero-order valence-corrected chi connectivity index (χ0v) is 10.7. The lowest BCUT2D eigenvalue weighted by Gasteiger charge is -2.05. The van der Waals surface area contributed by atoms with Gasteiger partial charge in [0.05, 0.1) is 18.1 Å². The molecule has 3 nitrogen and oxygen atoms in total. The van der Waals surface area contributed by atoms with E-state index in [0.29, 0.717) is 11.1 Å². The largest absolute Gasteiger partial charge is 0.461 e. The van der Waals surface area contributed by atoms with Crippen LogP contribution < -0.4 is 0 Å². The number of esters is 1. The van der Waals surface area contributed by atoms with Crippen LogP contribution in [0.4, 0.5) is 4.39 Å². The smallest absolute Gasteiger partial charge is 0.310 e. The van der Waals surface area contributed by atoms with Gasteiger partial charge in [-0.2, -0.15) is 5.26 Å². The first-order chi connectivity index (χ1) is 9.67. The average Bonchev–Trinajstić information content (AvgIpc) is 2.48. The fourth-order valence-electron chi connectivity index (χ4n) is 1.66. The van der Waals surface area contributed by atoms with Gasteiger partial charge in [-0.25, -0.2) is 4.39 Å². The molecule has 0 N–H and O–H groups in total. The van der Waals surface area contributed by atoms with E-state index in [2.05, 4.69) is 0 Å². The van der Waals surface area contributed by atoms with Crippen molar-refractivity contribution in [2.24, 2.45) is 0 Å². The van der Waals surface area contributed by atoms with Crippen LogP contribution in [0.1, 0.15) is 16.7 Å². The third-order valence-electron chi connectivity index (χ3n) is 2.74. The second-order valence-corrected chi connectivity index (χ2v) is 4.27. The average molecular weight is 269 g/mol. The zero-order chi connectivity index (χ0) is 14.4. The van der Waals surface area contributed by atoms with Crippen molar-refractivity contribution in [2.45, 2.75) is 13.0 Å². The number of benzene rings is 2. The predicted octanol–water partition coefficient (Wildman–Crippen LogP) is 2.98. The van der Waals surface area contributed by atoms with Gasteiger partial charge in [-0.3, -0.25) is 4.79 Å². The Hall–Kier alpha value is -2.67. The number of nitrogens with zero attached hydrogens (tertiary/aromatic N) is 1. The number of hydrogen-bond donors (Lipinski definition) is 0. The van der Waals surface area contributed by atoms with Crippen molar-refractivity contribution in [2.75, 3.05) is 0 Å². The minimum absolute atomic E-state index is 0.108. The van der Waals surface area contributed by atoms with Crippen LogP contribution >= 0.6 is 0 Å². The SMILES string of the molecule is N#Cc1ccc(COC(=O)Cc2ccc(F)cc2)cc1. The Kier molecular flexibility index (Phi) is 4.46. The highest BCUT2D eigenvalue weighted by molar-refractivity contribution is 5.72. The Morgan fingerprint density at radius 2 is 1.65 bits per heavy atom. The van der Waals surface area contributed by atoms with E-state index in [1.165, 1.54) is 12.1 Å². The van der Waals surface area contributed by atoms with Crippen molar-refractivity contribution in [1.29, 1.82) is 5.26 Å². The first kappa shape index (κ1) is 13.8. The summed E-state index contributed by atoms with van der Waals surface area (Å²) < 4.78 is 17.8.